The van der Waals surface area contributed by atoms with Gasteiger partial charge in [-0.25, -0.2) is 0 Å². The van der Waals surface area contributed by atoms with Crippen molar-refractivity contribution in [2.24, 2.45) is 0 Å². The molecule has 0 amide bonds. The molecule has 144 valence electrons. The van der Waals surface area contributed by atoms with Crippen LogP contribution in [-0.4, -0.2) is 11.3 Å². The summed E-state index contributed by atoms with van der Waals surface area (Å²) in [5.74, 6) is 0.626. The zero-order valence-electron chi connectivity index (χ0n) is 16.0. The molecule has 0 aromatic heterocycles. The van der Waals surface area contributed by atoms with Gasteiger partial charge in [0.05, 0.1) is 5.30 Å². The number of rotatable bonds is 4. The molecule has 25 heavy (non-hydrogen) atoms. The third-order valence-corrected chi connectivity index (χ3v) is 11.3. The van der Waals surface area contributed by atoms with Gasteiger partial charge in [-0.05, 0) is 75.0 Å². The van der Waals surface area contributed by atoms with Crippen LogP contribution in [0.15, 0.2) is 24.3 Å². The molecular weight excluding hydrogens is 437 g/mol. The van der Waals surface area contributed by atoms with E-state index in [2.05, 4.69) is 65.8 Å². The third-order valence-electron chi connectivity index (χ3n) is 6.47. The van der Waals surface area contributed by atoms with E-state index in [4.69, 9.17) is 6.66 Å². The number of halogens is 1. The van der Waals surface area contributed by atoms with Crippen molar-refractivity contribution in [2.45, 2.75) is 95.3 Å². The molecule has 0 spiro atoms. The van der Waals surface area contributed by atoms with E-state index >= 15 is 0 Å². The molecule has 0 saturated heterocycles. The number of benzene rings is 1. The van der Waals surface area contributed by atoms with Crippen LogP contribution >= 0.6 is 16.8 Å². The van der Waals surface area contributed by atoms with Crippen LogP contribution in [0.4, 0.5) is 0 Å². The predicted octanol–water partition coefficient (Wildman–Crippen LogP) is 7.60. The summed E-state index contributed by atoms with van der Waals surface area (Å²) in [6.07, 6.45) is 14.5. The first-order valence-corrected chi connectivity index (χ1v) is 14.2. The summed E-state index contributed by atoms with van der Waals surface area (Å²) < 4.78 is 0. The molecular formula is C22H35ClPPd+. The topological polar surface area (TPSA) is 0 Å². The van der Waals surface area contributed by atoms with Gasteiger partial charge in [-0.2, -0.15) is 6.66 Å². The van der Waals surface area contributed by atoms with Crippen LogP contribution in [0.2, 0.25) is 0 Å². The maximum atomic E-state index is 5.10. The second-order valence-electron chi connectivity index (χ2n) is 8.26. The molecule has 2 aliphatic carbocycles. The van der Waals surface area contributed by atoms with Gasteiger partial charge in [-0.15, -0.1) is 0 Å². The Bertz CT molecular complexity index is 487. The van der Waals surface area contributed by atoms with Gasteiger partial charge in [0.15, 0.2) is 0 Å². The van der Waals surface area contributed by atoms with E-state index < -0.39 is 7.26 Å². The Morgan fingerprint density at radius 2 is 1.40 bits per heavy atom. The fourth-order valence-electron chi connectivity index (χ4n) is 4.95. The molecule has 2 aliphatic rings. The van der Waals surface area contributed by atoms with Crippen molar-refractivity contribution < 1.29 is 18.2 Å². The van der Waals surface area contributed by atoms with Gasteiger partial charge in [0, 0.05) is 11.3 Å². The fourth-order valence-corrected chi connectivity index (χ4v) is 9.71. The van der Waals surface area contributed by atoms with E-state index in [1.54, 1.807) is 5.30 Å². The first-order chi connectivity index (χ1) is 12.1. The summed E-state index contributed by atoms with van der Waals surface area (Å²) in [6, 6.07) is 9.63. The molecule has 0 atom stereocenters. The summed E-state index contributed by atoms with van der Waals surface area (Å²) in [5.41, 5.74) is 3.32. The second kappa shape index (κ2) is 10.8. The van der Waals surface area contributed by atoms with E-state index in [1.807, 2.05) is 0 Å². The molecule has 2 saturated carbocycles. The van der Waals surface area contributed by atoms with Gasteiger partial charge >= 0.3 is 27.7 Å². The Kier molecular flexibility index (Phi) is 9.47. The minimum absolute atomic E-state index is 0.626. The molecule has 0 bridgehead atoms. The van der Waals surface area contributed by atoms with Gasteiger partial charge in [-0.3, -0.25) is 0 Å². The minimum atomic E-state index is -1.29. The average Bonchev–Trinajstić information content (AvgIpc) is 2.70. The number of hydrogen-bond donors (Lipinski definition) is 0. The fraction of sp³-hybridized carbons (Fsp3) is 0.682. The van der Waals surface area contributed by atoms with Crippen LogP contribution in [0.3, 0.4) is 0 Å². The Morgan fingerprint density at radius 1 is 0.920 bits per heavy atom. The molecule has 0 heterocycles. The summed E-state index contributed by atoms with van der Waals surface area (Å²) in [7, 11) is 3.20. The molecule has 2 fully saturated rings. The second-order valence-corrected chi connectivity index (χ2v) is 12.1. The monoisotopic (exact) mass is 471 g/mol. The van der Waals surface area contributed by atoms with Crippen molar-refractivity contribution in [1.82, 2.24) is 0 Å². The van der Waals surface area contributed by atoms with Crippen LogP contribution in [0.25, 0.3) is 0 Å². The normalized spacial score (nSPS) is 20.3. The van der Waals surface area contributed by atoms with Crippen LogP contribution < -0.4 is 5.30 Å². The third kappa shape index (κ3) is 5.32. The van der Waals surface area contributed by atoms with Crippen molar-refractivity contribution in [3.05, 3.63) is 36.5 Å². The van der Waals surface area contributed by atoms with Crippen LogP contribution in [0.5, 0.6) is 0 Å². The standard InChI is InChI=1S/C22H35P.ClH.Pd/c1-18(2)19-11-10-16-22(17-19)23(3,20-12-6-4-7-13-20)21-14-8-5-9-15-21;;/h10-11,16-18,20-21H,3-9,12-15H2,1-2H3;1H;/q;;+2/p-1. The van der Waals surface area contributed by atoms with Gasteiger partial charge < -0.3 is 0 Å². The zero-order chi connectivity index (χ0) is 18.3. The molecule has 0 N–H and O–H groups in total. The summed E-state index contributed by atoms with van der Waals surface area (Å²) in [5, 5.41) is 1.66. The first kappa shape index (κ1) is 21.9. The Hall–Kier alpha value is 0.602. The predicted molar refractivity (Wildman–Crippen MR) is 112 cm³/mol. The molecule has 0 nitrogen and oxygen atoms in total. The molecule has 0 aliphatic heterocycles. The molecule has 1 aromatic carbocycles. The summed E-state index contributed by atoms with van der Waals surface area (Å²) in [4.78, 5) is 0. The molecule has 0 radical (unpaired) electrons. The first-order valence-electron chi connectivity index (χ1n) is 10.1. The Morgan fingerprint density at radius 3 is 1.84 bits per heavy atom. The van der Waals surface area contributed by atoms with E-state index in [-0.39, 0.29) is 0 Å². The van der Waals surface area contributed by atoms with E-state index in [0.29, 0.717) is 5.92 Å². The van der Waals surface area contributed by atoms with Crippen LogP contribution in [0.1, 0.15) is 89.5 Å². The van der Waals surface area contributed by atoms with Gasteiger partial charge in [0.2, 0.25) is 0 Å². The van der Waals surface area contributed by atoms with Crippen molar-refractivity contribution in [1.29, 1.82) is 0 Å². The SMILES string of the molecule is [CH2-][P+](c1cccc(C(C)C)c1)(C1CCCCC1)C1CCCCC1.[Cl][Pd+]. The van der Waals surface area contributed by atoms with E-state index in [9.17, 15) is 0 Å². The van der Waals surface area contributed by atoms with E-state index in [0.717, 1.165) is 11.3 Å². The maximum absolute atomic E-state index is 5.10. The van der Waals surface area contributed by atoms with Crippen molar-refractivity contribution in [2.75, 3.05) is 0 Å². The summed E-state index contributed by atoms with van der Waals surface area (Å²) >= 11 is 2.22. The van der Waals surface area contributed by atoms with Gasteiger partial charge in [0.25, 0.3) is 0 Å². The molecule has 1 aromatic rings. The van der Waals surface area contributed by atoms with Crippen molar-refractivity contribution >= 4 is 22.1 Å². The van der Waals surface area contributed by atoms with Crippen molar-refractivity contribution in [3.63, 3.8) is 0 Å². The number of hydrogen-bond acceptors (Lipinski definition) is 0. The molecule has 3 heteroatoms. The Balaban J connectivity index is 0.00000109. The molecule has 0 unspecified atom stereocenters. The van der Waals surface area contributed by atoms with Crippen molar-refractivity contribution in [3.8, 4) is 0 Å². The summed E-state index contributed by atoms with van der Waals surface area (Å²) in [6.45, 7) is 9.74. The Labute approximate surface area is 171 Å². The van der Waals surface area contributed by atoms with Gasteiger partial charge in [-0.1, -0.05) is 46.1 Å². The zero-order valence-corrected chi connectivity index (χ0v) is 19.2. The van der Waals surface area contributed by atoms with Gasteiger partial charge in [0.1, 0.15) is 0 Å². The quantitative estimate of drug-likeness (QED) is 0.241. The average molecular weight is 472 g/mol. The van der Waals surface area contributed by atoms with Crippen LogP contribution in [0, 0.1) is 6.66 Å². The molecule has 3 rings (SSSR count). The van der Waals surface area contributed by atoms with Crippen LogP contribution in [-0.2, 0) is 18.2 Å². The van der Waals surface area contributed by atoms with E-state index in [1.165, 1.54) is 69.8 Å².